The summed E-state index contributed by atoms with van der Waals surface area (Å²) < 4.78 is 28.4. The van der Waals surface area contributed by atoms with E-state index >= 15 is 0 Å². The van der Waals surface area contributed by atoms with Crippen LogP contribution >= 0.6 is 0 Å². The van der Waals surface area contributed by atoms with Crippen LogP contribution in [-0.2, 0) is 16.6 Å². The lowest BCUT2D eigenvalue weighted by Gasteiger charge is -2.09. The van der Waals surface area contributed by atoms with Gasteiger partial charge in [0.1, 0.15) is 4.90 Å². The number of rotatable bonds is 10. The molecule has 0 fully saturated rings. The molecule has 1 rings (SSSR count). The molecule has 20 heavy (non-hydrogen) atoms. The van der Waals surface area contributed by atoms with Crippen LogP contribution in [0.15, 0.2) is 17.3 Å². The molecule has 7 heteroatoms. The highest BCUT2D eigenvalue weighted by Gasteiger charge is 2.16. The lowest BCUT2D eigenvalue weighted by Crippen LogP contribution is -2.28. The van der Waals surface area contributed by atoms with Gasteiger partial charge in [-0.25, -0.2) is 13.1 Å². The summed E-state index contributed by atoms with van der Waals surface area (Å²) in [5.41, 5.74) is 0. The minimum absolute atomic E-state index is 0.233. The van der Waals surface area contributed by atoms with E-state index in [9.17, 15) is 8.42 Å². The molecule has 0 aliphatic carbocycles. The monoisotopic (exact) mass is 302 g/mol. The van der Waals surface area contributed by atoms with E-state index in [2.05, 4.69) is 22.1 Å². The average Bonchev–Trinajstić information content (AvgIpc) is 2.90. The SMILES string of the molecule is CCCNCCn1cc(S(=O)(=O)NCC(C)CC)cn1. The summed E-state index contributed by atoms with van der Waals surface area (Å²) in [6.45, 7) is 9.04. The van der Waals surface area contributed by atoms with Crippen molar-refractivity contribution in [2.75, 3.05) is 19.6 Å². The zero-order chi connectivity index (χ0) is 15.0. The van der Waals surface area contributed by atoms with Crippen LogP contribution < -0.4 is 10.0 Å². The third-order valence-corrected chi connectivity index (χ3v) is 4.56. The third-order valence-electron chi connectivity index (χ3n) is 3.18. The topological polar surface area (TPSA) is 76.0 Å². The molecule has 116 valence electrons. The van der Waals surface area contributed by atoms with Crippen LogP contribution in [0.2, 0.25) is 0 Å². The summed E-state index contributed by atoms with van der Waals surface area (Å²) in [4.78, 5) is 0.233. The van der Waals surface area contributed by atoms with Crippen molar-refractivity contribution in [2.24, 2.45) is 5.92 Å². The molecule has 0 bridgehead atoms. The molecule has 1 heterocycles. The van der Waals surface area contributed by atoms with Crippen molar-refractivity contribution < 1.29 is 8.42 Å². The Morgan fingerprint density at radius 3 is 2.75 bits per heavy atom. The van der Waals surface area contributed by atoms with E-state index in [0.29, 0.717) is 19.0 Å². The Morgan fingerprint density at radius 2 is 2.10 bits per heavy atom. The Bertz CT molecular complexity index is 484. The van der Waals surface area contributed by atoms with Crippen molar-refractivity contribution in [3.05, 3.63) is 12.4 Å². The molecule has 0 spiro atoms. The molecular formula is C13H26N4O2S. The highest BCUT2D eigenvalue weighted by atomic mass is 32.2. The second-order valence-corrected chi connectivity index (χ2v) is 6.82. The Labute approximate surface area is 122 Å². The molecule has 0 aliphatic rings. The molecule has 1 aromatic heterocycles. The van der Waals surface area contributed by atoms with Crippen molar-refractivity contribution in [3.63, 3.8) is 0 Å². The van der Waals surface area contributed by atoms with E-state index in [1.807, 2.05) is 13.8 Å². The summed E-state index contributed by atoms with van der Waals surface area (Å²) >= 11 is 0. The molecule has 1 unspecified atom stereocenters. The molecule has 0 radical (unpaired) electrons. The molecule has 0 amide bonds. The maximum Gasteiger partial charge on any atom is 0.243 e. The van der Waals surface area contributed by atoms with Gasteiger partial charge in [-0.1, -0.05) is 27.2 Å². The highest BCUT2D eigenvalue weighted by molar-refractivity contribution is 7.89. The first-order valence-electron chi connectivity index (χ1n) is 7.22. The van der Waals surface area contributed by atoms with E-state index in [4.69, 9.17) is 0 Å². The predicted octanol–water partition coefficient (Wildman–Crippen LogP) is 1.21. The molecule has 0 aliphatic heterocycles. The molecule has 1 atom stereocenters. The van der Waals surface area contributed by atoms with Gasteiger partial charge in [0, 0.05) is 19.3 Å². The van der Waals surface area contributed by atoms with Crippen molar-refractivity contribution >= 4 is 10.0 Å². The van der Waals surface area contributed by atoms with Crippen molar-refractivity contribution in [1.29, 1.82) is 0 Å². The second-order valence-electron chi connectivity index (χ2n) is 5.05. The summed E-state index contributed by atoms with van der Waals surface area (Å²) in [5, 5.41) is 7.34. The largest absolute Gasteiger partial charge is 0.315 e. The van der Waals surface area contributed by atoms with Crippen molar-refractivity contribution in [3.8, 4) is 0 Å². The highest BCUT2D eigenvalue weighted by Crippen LogP contribution is 2.08. The van der Waals surface area contributed by atoms with Crippen LogP contribution in [0.4, 0.5) is 0 Å². The van der Waals surface area contributed by atoms with Gasteiger partial charge >= 0.3 is 0 Å². The van der Waals surface area contributed by atoms with E-state index < -0.39 is 10.0 Å². The van der Waals surface area contributed by atoms with Gasteiger partial charge in [0.15, 0.2) is 0 Å². The molecule has 0 saturated carbocycles. The summed E-state index contributed by atoms with van der Waals surface area (Å²) in [5.74, 6) is 0.332. The molecule has 6 nitrogen and oxygen atoms in total. The van der Waals surface area contributed by atoms with Crippen molar-refractivity contribution in [2.45, 2.75) is 45.1 Å². The molecule has 1 aromatic rings. The van der Waals surface area contributed by atoms with Crippen LogP contribution in [0.5, 0.6) is 0 Å². The number of hydrogen-bond donors (Lipinski definition) is 2. The summed E-state index contributed by atoms with van der Waals surface area (Å²) in [6, 6.07) is 0. The quantitative estimate of drug-likeness (QED) is 0.637. The second kappa shape index (κ2) is 8.39. The summed E-state index contributed by atoms with van der Waals surface area (Å²) in [6.07, 6.45) is 5.01. The summed E-state index contributed by atoms with van der Waals surface area (Å²) in [7, 11) is -3.43. The van der Waals surface area contributed by atoms with Crippen molar-refractivity contribution in [1.82, 2.24) is 19.8 Å². The van der Waals surface area contributed by atoms with E-state index in [1.165, 1.54) is 6.20 Å². The number of aromatic nitrogens is 2. The van der Waals surface area contributed by atoms with Gasteiger partial charge < -0.3 is 5.32 Å². The smallest absolute Gasteiger partial charge is 0.243 e. The van der Waals surface area contributed by atoms with Gasteiger partial charge in [0.25, 0.3) is 0 Å². The zero-order valence-electron chi connectivity index (χ0n) is 12.6. The van der Waals surface area contributed by atoms with Gasteiger partial charge in [-0.05, 0) is 18.9 Å². The third kappa shape index (κ3) is 5.60. The first-order valence-corrected chi connectivity index (χ1v) is 8.70. The standard InChI is InChI=1S/C13H26N4O2S/c1-4-6-14-7-8-17-11-13(10-15-17)20(18,19)16-9-12(3)5-2/h10-12,14,16H,4-9H2,1-3H3. The lowest BCUT2D eigenvalue weighted by molar-refractivity contribution is 0.528. The number of nitrogens with zero attached hydrogens (tertiary/aromatic N) is 2. The van der Waals surface area contributed by atoms with E-state index in [1.54, 1.807) is 10.9 Å². The van der Waals surface area contributed by atoms with Crippen LogP contribution in [0.3, 0.4) is 0 Å². The number of sulfonamides is 1. The first kappa shape index (κ1) is 17.1. The van der Waals surface area contributed by atoms with Crippen LogP contribution in [-0.4, -0.2) is 37.8 Å². The fourth-order valence-electron chi connectivity index (χ4n) is 1.58. The zero-order valence-corrected chi connectivity index (χ0v) is 13.4. The van der Waals surface area contributed by atoms with Gasteiger partial charge in [0.05, 0.1) is 12.7 Å². The maximum atomic E-state index is 12.1. The normalized spacial score (nSPS) is 13.6. The average molecular weight is 302 g/mol. The Balaban J connectivity index is 2.52. The van der Waals surface area contributed by atoms with E-state index in [-0.39, 0.29) is 4.90 Å². The Morgan fingerprint density at radius 1 is 1.35 bits per heavy atom. The predicted molar refractivity (Wildman–Crippen MR) is 80.0 cm³/mol. The number of nitrogens with one attached hydrogen (secondary N) is 2. The minimum Gasteiger partial charge on any atom is -0.315 e. The molecule has 0 saturated heterocycles. The maximum absolute atomic E-state index is 12.1. The Kier molecular flexibility index (Phi) is 7.18. The Hall–Kier alpha value is -0.920. The molecule has 2 N–H and O–H groups in total. The van der Waals surface area contributed by atoms with Crippen LogP contribution in [0, 0.1) is 5.92 Å². The van der Waals surface area contributed by atoms with E-state index in [0.717, 1.165) is 25.9 Å². The fraction of sp³-hybridized carbons (Fsp3) is 0.769. The fourth-order valence-corrected chi connectivity index (χ4v) is 2.70. The van der Waals surface area contributed by atoms with Crippen LogP contribution in [0.25, 0.3) is 0 Å². The lowest BCUT2D eigenvalue weighted by atomic mass is 10.1. The molecule has 0 aromatic carbocycles. The minimum atomic E-state index is -3.43. The van der Waals surface area contributed by atoms with Gasteiger partial charge in [-0.2, -0.15) is 5.10 Å². The van der Waals surface area contributed by atoms with Gasteiger partial charge in [0.2, 0.25) is 10.0 Å². The number of hydrogen-bond acceptors (Lipinski definition) is 4. The van der Waals surface area contributed by atoms with Crippen LogP contribution in [0.1, 0.15) is 33.6 Å². The van der Waals surface area contributed by atoms with Gasteiger partial charge in [-0.15, -0.1) is 0 Å². The molecular weight excluding hydrogens is 276 g/mol. The first-order chi connectivity index (χ1) is 9.49. The van der Waals surface area contributed by atoms with Gasteiger partial charge in [-0.3, -0.25) is 4.68 Å².